The summed E-state index contributed by atoms with van der Waals surface area (Å²) in [4.78, 5) is 18.0. The number of nitrogens with one attached hydrogen (secondary N) is 2. The number of hydrogen-bond acceptors (Lipinski definition) is 3. The van der Waals surface area contributed by atoms with Crippen LogP contribution in [0, 0.1) is 0 Å². The van der Waals surface area contributed by atoms with Crippen LogP contribution in [0.2, 0.25) is 0 Å². The summed E-state index contributed by atoms with van der Waals surface area (Å²) in [5.41, 5.74) is 5.19. The molecule has 1 aromatic heterocycles. The Morgan fingerprint density at radius 3 is 2.46 bits per heavy atom. The number of nitrogens with zero attached hydrogens (tertiary/aromatic N) is 1. The molecule has 1 aliphatic rings. The van der Waals surface area contributed by atoms with Crippen LogP contribution in [0.15, 0.2) is 60.7 Å². The minimum atomic E-state index is -0.454. The van der Waals surface area contributed by atoms with Crippen LogP contribution in [0.1, 0.15) is 36.1 Å². The van der Waals surface area contributed by atoms with E-state index in [-0.39, 0.29) is 5.91 Å². The number of fused-ring (bicyclic) bond motifs is 1. The number of carbonyl (C=O) groups is 1. The van der Waals surface area contributed by atoms with E-state index in [0.29, 0.717) is 5.92 Å². The maximum absolute atomic E-state index is 12.3. The zero-order valence-electron chi connectivity index (χ0n) is 14.6. The predicted molar refractivity (Wildman–Crippen MR) is 101 cm³/mol. The van der Waals surface area contributed by atoms with E-state index >= 15 is 0 Å². The number of aromatic nitrogens is 1. The first kappa shape index (κ1) is 16.8. The third kappa shape index (κ3) is 3.23. The lowest BCUT2D eigenvalue weighted by Gasteiger charge is -2.36. The standard InChI is InChI=1S/C21H23N3O2/c25-21(23-26)20(16-6-2-1-3-7-16)24-12-10-15(11-13-24)19-14-17-8-4-5-9-18(17)22-19/h1-9,14-15,20,22,26H,10-13H2,(H,23,25). The van der Waals surface area contributed by atoms with Crippen molar-refractivity contribution in [1.82, 2.24) is 15.4 Å². The molecule has 0 saturated carbocycles. The minimum Gasteiger partial charge on any atom is -0.358 e. The number of para-hydroxylation sites is 1. The molecule has 1 unspecified atom stereocenters. The fourth-order valence-corrected chi connectivity index (χ4v) is 4.01. The van der Waals surface area contributed by atoms with E-state index in [2.05, 4.69) is 34.1 Å². The van der Waals surface area contributed by atoms with Crippen LogP contribution in [0.5, 0.6) is 0 Å². The van der Waals surface area contributed by atoms with Gasteiger partial charge in [0.1, 0.15) is 6.04 Å². The molecule has 0 aliphatic carbocycles. The van der Waals surface area contributed by atoms with Crippen LogP contribution in [0.3, 0.4) is 0 Å². The zero-order chi connectivity index (χ0) is 17.9. The second kappa shape index (κ2) is 7.32. The minimum absolute atomic E-state index is 0.375. The van der Waals surface area contributed by atoms with Gasteiger partial charge in [0.15, 0.2) is 0 Å². The monoisotopic (exact) mass is 349 g/mol. The molecule has 4 rings (SSSR count). The highest BCUT2D eigenvalue weighted by Gasteiger charge is 2.31. The number of carbonyl (C=O) groups excluding carboxylic acids is 1. The van der Waals surface area contributed by atoms with Crippen molar-refractivity contribution in [3.63, 3.8) is 0 Å². The van der Waals surface area contributed by atoms with Gasteiger partial charge in [0.05, 0.1) is 0 Å². The summed E-state index contributed by atoms with van der Waals surface area (Å²) in [7, 11) is 0. The van der Waals surface area contributed by atoms with Gasteiger partial charge in [-0.05, 0) is 49.0 Å². The summed E-state index contributed by atoms with van der Waals surface area (Å²) in [5, 5.41) is 10.4. The highest BCUT2D eigenvalue weighted by atomic mass is 16.5. The summed E-state index contributed by atoms with van der Waals surface area (Å²) in [6.45, 7) is 1.63. The second-order valence-electron chi connectivity index (χ2n) is 6.91. The van der Waals surface area contributed by atoms with Crippen molar-refractivity contribution in [2.24, 2.45) is 0 Å². The first-order chi connectivity index (χ1) is 12.8. The summed E-state index contributed by atoms with van der Waals surface area (Å²) in [5.74, 6) is 0.0903. The Balaban J connectivity index is 1.50. The molecule has 2 aromatic carbocycles. The lowest BCUT2D eigenvalue weighted by molar-refractivity contribution is -0.135. The average Bonchev–Trinajstić information content (AvgIpc) is 3.13. The third-order valence-corrected chi connectivity index (χ3v) is 5.36. The van der Waals surface area contributed by atoms with Gasteiger partial charge in [-0.25, -0.2) is 5.48 Å². The molecule has 1 fully saturated rings. The van der Waals surface area contributed by atoms with Gasteiger partial charge in [-0.1, -0.05) is 48.5 Å². The van der Waals surface area contributed by atoms with E-state index in [1.165, 1.54) is 16.6 Å². The number of rotatable bonds is 4. The van der Waals surface area contributed by atoms with Gasteiger partial charge in [-0.3, -0.25) is 14.9 Å². The SMILES string of the molecule is O=C(NO)C(c1ccccc1)N1CCC(c2cc3ccccc3[nH]2)CC1. The first-order valence-electron chi connectivity index (χ1n) is 9.07. The Labute approximate surface area is 152 Å². The molecule has 1 saturated heterocycles. The van der Waals surface area contributed by atoms with E-state index in [0.717, 1.165) is 31.5 Å². The summed E-state index contributed by atoms with van der Waals surface area (Å²) in [6.07, 6.45) is 1.96. The summed E-state index contributed by atoms with van der Waals surface area (Å²) >= 11 is 0. The predicted octanol–water partition coefficient (Wildman–Crippen LogP) is 3.59. The number of piperidine rings is 1. The van der Waals surface area contributed by atoms with Crippen molar-refractivity contribution < 1.29 is 10.0 Å². The van der Waals surface area contributed by atoms with Gasteiger partial charge in [-0.15, -0.1) is 0 Å². The van der Waals surface area contributed by atoms with Crippen LogP contribution >= 0.6 is 0 Å². The molecule has 134 valence electrons. The highest BCUT2D eigenvalue weighted by Crippen LogP contribution is 2.33. The van der Waals surface area contributed by atoms with Crippen molar-refractivity contribution in [1.29, 1.82) is 0 Å². The fraction of sp³-hybridized carbons (Fsp3) is 0.286. The first-order valence-corrected chi connectivity index (χ1v) is 9.07. The number of amides is 1. The van der Waals surface area contributed by atoms with E-state index < -0.39 is 6.04 Å². The highest BCUT2D eigenvalue weighted by molar-refractivity contribution is 5.82. The normalized spacial score (nSPS) is 17.3. The lowest BCUT2D eigenvalue weighted by Crippen LogP contribution is -2.43. The summed E-state index contributed by atoms with van der Waals surface area (Å²) < 4.78 is 0. The smallest absolute Gasteiger partial charge is 0.265 e. The third-order valence-electron chi connectivity index (χ3n) is 5.36. The van der Waals surface area contributed by atoms with Gasteiger partial charge >= 0.3 is 0 Å². The molecule has 1 aliphatic heterocycles. The van der Waals surface area contributed by atoms with Crippen molar-refractivity contribution in [3.8, 4) is 0 Å². The van der Waals surface area contributed by atoms with Gasteiger partial charge in [0.2, 0.25) is 0 Å². The lowest BCUT2D eigenvalue weighted by atomic mass is 9.91. The number of aromatic amines is 1. The van der Waals surface area contributed by atoms with Gasteiger partial charge in [-0.2, -0.15) is 0 Å². The largest absolute Gasteiger partial charge is 0.358 e. The van der Waals surface area contributed by atoms with Crippen LogP contribution in [-0.2, 0) is 4.79 Å². The van der Waals surface area contributed by atoms with Gasteiger partial charge in [0, 0.05) is 17.1 Å². The maximum Gasteiger partial charge on any atom is 0.265 e. The van der Waals surface area contributed by atoms with Crippen molar-refractivity contribution in [2.75, 3.05) is 13.1 Å². The van der Waals surface area contributed by atoms with E-state index in [1.54, 1.807) is 0 Å². The Hall–Kier alpha value is -2.63. The van der Waals surface area contributed by atoms with Crippen LogP contribution in [-0.4, -0.2) is 34.1 Å². The van der Waals surface area contributed by atoms with Crippen molar-refractivity contribution in [3.05, 3.63) is 71.9 Å². The number of hydrogen-bond donors (Lipinski definition) is 3. The molecule has 3 aromatic rings. The number of likely N-dealkylation sites (tertiary alicyclic amines) is 1. The molecular weight excluding hydrogens is 326 g/mol. The van der Waals surface area contributed by atoms with E-state index in [1.807, 2.05) is 41.9 Å². The topological polar surface area (TPSA) is 68.4 Å². The Bertz CT molecular complexity index is 849. The van der Waals surface area contributed by atoms with Crippen molar-refractivity contribution in [2.45, 2.75) is 24.8 Å². The van der Waals surface area contributed by atoms with Crippen LogP contribution < -0.4 is 5.48 Å². The molecule has 3 N–H and O–H groups in total. The molecule has 1 amide bonds. The van der Waals surface area contributed by atoms with Gasteiger partial charge < -0.3 is 4.98 Å². The van der Waals surface area contributed by atoms with Crippen LogP contribution in [0.4, 0.5) is 0 Å². The molecular formula is C21H23N3O2. The molecule has 5 heteroatoms. The van der Waals surface area contributed by atoms with Gasteiger partial charge in [0.25, 0.3) is 5.91 Å². The fourth-order valence-electron chi connectivity index (χ4n) is 4.01. The molecule has 5 nitrogen and oxygen atoms in total. The van der Waals surface area contributed by atoms with Crippen molar-refractivity contribution >= 4 is 16.8 Å². The second-order valence-corrected chi connectivity index (χ2v) is 6.91. The molecule has 26 heavy (non-hydrogen) atoms. The Morgan fingerprint density at radius 2 is 1.77 bits per heavy atom. The quantitative estimate of drug-likeness (QED) is 0.498. The average molecular weight is 349 g/mol. The number of H-pyrrole nitrogens is 1. The van der Waals surface area contributed by atoms with E-state index in [9.17, 15) is 10.0 Å². The molecule has 0 radical (unpaired) electrons. The number of hydroxylamine groups is 1. The molecule has 1 atom stereocenters. The Kier molecular flexibility index (Phi) is 4.73. The zero-order valence-corrected chi connectivity index (χ0v) is 14.6. The number of benzene rings is 2. The van der Waals surface area contributed by atoms with Crippen LogP contribution in [0.25, 0.3) is 10.9 Å². The Morgan fingerprint density at radius 1 is 1.08 bits per heavy atom. The summed E-state index contributed by atoms with van der Waals surface area (Å²) in [6, 6.07) is 19.8. The maximum atomic E-state index is 12.3. The van der Waals surface area contributed by atoms with E-state index in [4.69, 9.17) is 0 Å². The molecule has 0 bridgehead atoms. The molecule has 0 spiro atoms. The molecule has 2 heterocycles.